The zero-order valence-corrected chi connectivity index (χ0v) is 15.4. The average molecular weight is 365 g/mol. The van der Waals surface area contributed by atoms with Crippen LogP contribution >= 0.6 is 0 Å². The van der Waals surface area contributed by atoms with Gasteiger partial charge in [-0.15, -0.1) is 0 Å². The van der Waals surface area contributed by atoms with Gasteiger partial charge in [-0.25, -0.2) is 9.97 Å². The molecule has 1 unspecified atom stereocenters. The van der Waals surface area contributed by atoms with Crippen molar-refractivity contribution in [1.29, 1.82) is 0 Å². The number of amides is 2. The summed E-state index contributed by atoms with van der Waals surface area (Å²) in [5, 5.41) is 5.57. The first-order valence-electron chi connectivity index (χ1n) is 9.40. The predicted molar refractivity (Wildman–Crippen MR) is 103 cm³/mol. The second-order valence-corrected chi connectivity index (χ2v) is 7.14. The summed E-state index contributed by atoms with van der Waals surface area (Å²) in [6, 6.07) is 9.52. The standard InChI is InChI=1S/C20H23N5O2/c1-13-4-6-14(7-5-13)19-22-16(12-17(23-19)25-10-2-3-11-25)21-15-8-9-18(26)24-20(15)27/h4-7,12,15H,2-3,8-11H2,1H3,(H,21,22,23)(H,24,26,27). The molecule has 2 aliphatic heterocycles. The van der Waals surface area contributed by atoms with Crippen molar-refractivity contribution < 1.29 is 9.59 Å². The summed E-state index contributed by atoms with van der Waals surface area (Å²) in [5.74, 6) is 1.59. The summed E-state index contributed by atoms with van der Waals surface area (Å²) in [4.78, 5) is 35.1. The number of carbonyl (C=O) groups excluding carboxylic acids is 2. The number of benzene rings is 1. The van der Waals surface area contributed by atoms with Gasteiger partial charge in [0, 0.05) is 31.1 Å². The van der Waals surface area contributed by atoms with Gasteiger partial charge in [-0.1, -0.05) is 29.8 Å². The van der Waals surface area contributed by atoms with E-state index in [2.05, 4.69) is 20.5 Å². The molecule has 0 radical (unpaired) electrons. The molecule has 1 atom stereocenters. The van der Waals surface area contributed by atoms with Gasteiger partial charge in [0.25, 0.3) is 0 Å². The Balaban J connectivity index is 1.66. The van der Waals surface area contributed by atoms with Crippen LogP contribution in [0, 0.1) is 6.92 Å². The number of rotatable bonds is 4. The third-order valence-corrected chi connectivity index (χ3v) is 5.01. The summed E-state index contributed by atoms with van der Waals surface area (Å²) in [7, 11) is 0. The highest BCUT2D eigenvalue weighted by atomic mass is 16.2. The lowest BCUT2D eigenvalue weighted by molar-refractivity contribution is -0.133. The number of hydrogen-bond acceptors (Lipinski definition) is 6. The molecule has 2 N–H and O–H groups in total. The van der Waals surface area contributed by atoms with Crippen LogP contribution in [0.4, 0.5) is 11.6 Å². The molecular formula is C20H23N5O2. The van der Waals surface area contributed by atoms with E-state index in [1.54, 1.807) is 0 Å². The van der Waals surface area contributed by atoms with E-state index < -0.39 is 6.04 Å². The first-order chi connectivity index (χ1) is 13.1. The second kappa shape index (κ2) is 7.34. The fourth-order valence-electron chi connectivity index (χ4n) is 3.46. The Hall–Kier alpha value is -2.96. The molecule has 3 heterocycles. The average Bonchev–Trinajstić information content (AvgIpc) is 3.19. The number of aromatic nitrogens is 2. The van der Waals surface area contributed by atoms with Crippen LogP contribution in [-0.2, 0) is 9.59 Å². The number of piperidine rings is 1. The quantitative estimate of drug-likeness (QED) is 0.809. The van der Waals surface area contributed by atoms with Crippen molar-refractivity contribution in [2.45, 2.75) is 38.6 Å². The van der Waals surface area contributed by atoms with Gasteiger partial charge in [-0.2, -0.15) is 0 Å². The Kier molecular flexibility index (Phi) is 4.75. The van der Waals surface area contributed by atoms with Gasteiger partial charge in [0.15, 0.2) is 5.82 Å². The zero-order chi connectivity index (χ0) is 18.8. The maximum absolute atomic E-state index is 12.1. The van der Waals surface area contributed by atoms with Crippen molar-refractivity contribution in [2.75, 3.05) is 23.3 Å². The number of anilines is 2. The van der Waals surface area contributed by atoms with E-state index in [-0.39, 0.29) is 11.8 Å². The first-order valence-corrected chi connectivity index (χ1v) is 9.40. The molecule has 2 aliphatic rings. The van der Waals surface area contributed by atoms with Crippen molar-refractivity contribution >= 4 is 23.5 Å². The minimum Gasteiger partial charge on any atom is -0.358 e. The largest absolute Gasteiger partial charge is 0.358 e. The minimum atomic E-state index is -0.463. The fraction of sp³-hybridized carbons (Fsp3) is 0.400. The molecule has 27 heavy (non-hydrogen) atoms. The molecule has 2 fully saturated rings. The smallest absolute Gasteiger partial charge is 0.249 e. The zero-order valence-electron chi connectivity index (χ0n) is 15.4. The number of aryl methyl sites for hydroxylation is 1. The van der Waals surface area contributed by atoms with Gasteiger partial charge >= 0.3 is 0 Å². The van der Waals surface area contributed by atoms with Gasteiger partial charge in [-0.05, 0) is 26.2 Å². The third-order valence-electron chi connectivity index (χ3n) is 5.01. The normalized spacial score (nSPS) is 19.9. The molecule has 0 bridgehead atoms. The number of imide groups is 1. The molecule has 2 aromatic rings. The lowest BCUT2D eigenvalue weighted by Gasteiger charge is -2.24. The van der Waals surface area contributed by atoms with E-state index in [0.29, 0.717) is 24.5 Å². The van der Waals surface area contributed by atoms with E-state index >= 15 is 0 Å². The molecule has 2 saturated heterocycles. The molecule has 140 valence electrons. The molecule has 4 rings (SSSR count). The number of nitrogens with one attached hydrogen (secondary N) is 2. The molecule has 2 amide bonds. The van der Waals surface area contributed by atoms with E-state index in [4.69, 9.17) is 4.98 Å². The molecule has 0 saturated carbocycles. The van der Waals surface area contributed by atoms with E-state index in [1.165, 1.54) is 5.56 Å². The maximum atomic E-state index is 12.1. The van der Waals surface area contributed by atoms with Crippen molar-refractivity contribution in [3.63, 3.8) is 0 Å². The molecule has 1 aromatic carbocycles. The Morgan fingerprint density at radius 1 is 1.11 bits per heavy atom. The van der Waals surface area contributed by atoms with E-state index in [0.717, 1.165) is 37.3 Å². The summed E-state index contributed by atoms with van der Waals surface area (Å²) in [6.45, 7) is 3.99. The summed E-state index contributed by atoms with van der Waals surface area (Å²) in [6.07, 6.45) is 3.10. The minimum absolute atomic E-state index is 0.223. The highest BCUT2D eigenvalue weighted by Crippen LogP contribution is 2.26. The summed E-state index contributed by atoms with van der Waals surface area (Å²) in [5.41, 5.74) is 2.12. The molecule has 7 heteroatoms. The Labute approximate surface area is 158 Å². The van der Waals surface area contributed by atoms with Crippen LogP contribution in [0.1, 0.15) is 31.2 Å². The fourth-order valence-corrected chi connectivity index (χ4v) is 3.46. The third kappa shape index (κ3) is 3.92. The highest BCUT2D eigenvalue weighted by molar-refractivity contribution is 6.01. The lowest BCUT2D eigenvalue weighted by atomic mass is 10.1. The van der Waals surface area contributed by atoms with Gasteiger partial charge < -0.3 is 10.2 Å². The molecular weight excluding hydrogens is 342 g/mol. The Morgan fingerprint density at radius 3 is 2.56 bits per heavy atom. The SMILES string of the molecule is Cc1ccc(-c2nc(NC3CCC(=O)NC3=O)cc(N3CCCC3)n2)cc1. The van der Waals surface area contributed by atoms with E-state index in [1.807, 2.05) is 37.3 Å². The number of hydrogen-bond donors (Lipinski definition) is 2. The first kappa shape index (κ1) is 17.5. The van der Waals surface area contributed by atoms with Crippen LogP contribution < -0.4 is 15.5 Å². The molecule has 7 nitrogen and oxygen atoms in total. The van der Waals surface area contributed by atoms with Crippen LogP contribution in [0.2, 0.25) is 0 Å². The van der Waals surface area contributed by atoms with E-state index in [9.17, 15) is 9.59 Å². The Morgan fingerprint density at radius 2 is 1.85 bits per heavy atom. The number of carbonyl (C=O) groups is 2. The van der Waals surface area contributed by atoms with Gasteiger partial charge in [0.1, 0.15) is 17.7 Å². The lowest BCUT2D eigenvalue weighted by Crippen LogP contribution is -2.47. The van der Waals surface area contributed by atoms with Crippen molar-refractivity contribution in [1.82, 2.24) is 15.3 Å². The summed E-state index contributed by atoms with van der Waals surface area (Å²) >= 11 is 0. The molecule has 0 spiro atoms. The van der Waals surface area contributed by atoms with Crippen molar-refractivity contribution in [3.8, 4) is 11.4 Å². The maximum Gasteiger partial charge on any atom is 0.249 e. The summed E-state index contributed by atoms with van der Waals surface area (Å²) < 4.78 is 0. The molecule has 1 aromatic heterocycles. The van der Waals surface area contributed by atoms with Gasteiger partial charge in [0.2, 0.25) is 11.8 Å². The van der Waals surface area contributed by atoms with Crippen LogP contribution in [-0.4, -0.2) is 40.9 Å². The second-order valence-electron chi connectivity index (χ2n) is 7.14. The van der Waals surface area contributed by atoms with Crippen LogP contribution in [0.25, 0.3) is 11.4 Å². The van der Waals surface area contributed by atoms with Gasteiger partial charge in [-0.3, -0.25) is 14.9 Å². The Bertz CT molecular complexity index is 859. The van der Waals surface area contributed by atoms with Crippen molar-refractivity contribution in [2.24, 2.45) is 0 Å². The van der Waals surface area contributed by atoms with Gasteiger partial charge in [0.05, 0.1) is 0 Å². The van der Waals surface area contributed by atoms with Crippen LogP contribution in [0.3, 0.4) is 0 Å². The molecule has 0 aliphatic carbocycles. The van der Waals surface area contributed by atoms with Crippen LogP contribution in [0.15, 0.2) is 30.3 Å². The highest BCUT2D eigenvalue weighted by Gasteiger charge is 2.27. The topological polar surface area (TPSA) is 87.2 Å². The predicted octanol–water partition coefficient (Wildman–Crippen LogP) is 2.27. The van der Waals surface area contributed by atoms with Crippen molar-refractivity contribution in [3.05, 3.63) is 35.9 Å². The van der Waals surface area contributed by atoms with Crippen LogP contribution in [0.5, 0.6) is 0 Å². The number of nitrogens with zero attached hydrogens (tertiary/aromatic N) is 3. The monoisotopic (exact) mass is 365 g/mol.